The molecule has 5 aromatic rings. The summed E-state index contributed by atoms with van der Waals surface area (Å²) in [7, 11) is 1.67. The topological polar surface area (TPSA) is 79.0 Å². The van der Waals surface area contributed by atoms with Gasteiger partial charge in [0.1, 0.15) is 0 Å². The lowest BCUT2D eigenvalue weighted by atomic mass is 10.1. The van der Waals surface area contributed by atoms with Crippen LogP contribution in [0, 0.1) is 0 Å². The van der Waals surface area contributed by atoms with E-state index in [2.05, 4.69) is 10.1 Å². The van der Waals surface area contributed by atoms with Crippen molar-refractivity contribution >= 4 is 16.9 Å². The minimum Gasteiger partial charge on any atom is -0.439 e. The number of fused-ring (bicyclic) bond motifs is 1. The van der Waals surface area contributed by atoms with Crippen LogP contribution in [0.1, 0.15) is 10.4 Å². The second-order valence-electron chi connectivity index (χ2n) is 7.60. The van der Waals surface area contributed by atoms with Crippen molar-refractivity contribution in [3.63, 3.8) is 0 Å². The zero-order valence-electron chi connectivity index (χ0n) is 17.9. The Kier molecular flexibility index (Phi) is 5.28. The summed E-state index contributed by atoms with van der Waals surface area (Å²) >= 11 is 0. The van der Waals surface area contributed by atoms with Crippen LogP contribution in [0.3, 0.4) is 0 Å². The third-order valence-electron chi connectivity index (χ3n) is 5.39. The number of hydrogen-bond donors (Lipinski definition) is 0. The highest BCUT2D eigenvalue weighted by Crippen LogP contribution is 2.28. The number of aromatic nitrogens is 4. The fraction of sp³-hybridized carbons (Fsp3) is 0.0769. The lowest BCUT2D eigenvalue weighted by Gasteiger charge is -2.10. The monoisotopic (exact) mass is 436 g/mol. The minimum atomic E-state index is -0.435. The van der Waals surface area contributed by atoms with Gasteiger partial charge in [-0.15, -0.1) is 0 Å². The Morgan fingerprint density at radius 3 is 2.39 bits per heavy atom. The molecule has 0 radical (unpaired) electrons. The second kappa shape index (κ2) is 8.55. The molecule has 7 nitrogen and oxygen atoms in total. The number of rotatable bonds is 5. The van der Waals surface area contributed by atoms with Gasteiger partial charge in [0.15, 0.2) is 6.73 Å². The summed E-state index contributed by atoms with van der Waals surface area (Å²) in [4.78, 5) is 29.4. The number of benzene rings is 3. The molecule has 2 aromatic heterocycles. The first-order valence-electron chi connectivity index (χ1n) is 10.4. The number of hydrogen-bond acceptors (Lipinski definition) is 5. The average molecular weight is 436 g/mol. The summed E-state index contributed by atoms with van der Waals surface area (Å²) in [6, 6.07) is 26.0. The van der Waals surface area contributed by atoms with E-state index in [9.17, 15) is 9.59 Å². The predicted octanol–water partition coefficient (Wildman–Crippen LogP) is 4.28. The molecule has 0 aliphatic carbocycles. The SMILES string of the molecule is Cn1cnc2ccc(-c3cc(-c4ccccc4)nn3COC(=O)c3ccccc3)cc2c1=O. The van der Waals surface area contributed by atoms with Crippen LogP contribution in [0.15, 0.2) is 96.1 Å². The van der Waals surface area contributed by atoms with E-state index in [4.69, 9.17) is 4.74 Å². The van der Waals surface area contributed by atoms with E-state index in [1.807, 2.05) is 54.6 Å². The van der Waals surface area contributed by atoms with Crippen molar-refractivity contribution in [2.24, 2.45) is 7.05 Å². The molecule has 0 amide bonds. The fourth-order valence-corrected chi connectivity index (χ4v) is 3.65. The highest BCUT2D eigenvalue weighted by Gasteiger charge is 2.15. The summed E-state index contributed by atoms with van der Waals surface area (Å²) in [5, 5.41) is 5.19. The van der Waals surface area contributed by atoms with Gasteiger partial charge in [0.25, 0.3) is 5.56 Å². The second-order valence-corrected chi connectivity index (χ2v) is 7.60. The predicted molar refractivity (Wildman–Crippen MR) is 125 cm³/mol. The summed E-state index contributed by atoms with van der Waals surface area (Å²) in [5.41, 5.74) is 4.12. The molecule has 0 saturated heterocycles. The number of carbonyl (C=O) groups excluding carboxylic acids is 1. The highest BCUT2D eigenvalue weighted by molar-refractivity contribution is 5.89. The Labute approximate surface area is 189 Å². The van der Waals surface area contributed by atoms with E-state index >= 15 is 0 Å². The van der Waals surface area contributed by atoms with Crippen molar-refractivity contribution in [1.29, 1.82) is 0 Å². The fourth-order valence-electron chi connectivity index (χ4n) is 3.65. The molecule has 7 heteroatoms. The summed E-state index contributed by atoms with van der Waals surface area (Å²) in [6.45, 7) is -0.0705. The Balaban J connectivity index is 1.56. The molecule has 0 fully saturated rings. The van der Waals surface area contributed by atoms with Gasteiger partial charge in [-0.2, -0.15) is 5.10 Å². The molecule has 0 spiro atoms. The Bertz CT molecular complexity index is 1510. The normalized spacial score (nSPS) is 10.9. The van der Waals surface area contributed by atoms with Crippen LogP contribution in [-0.4, -0.2) is 25.3 Å². The van der Waals surface area contributed by atoms with Gasteiger partial charge in [0.2, 0.25) is 0 Å². The number of aryl methyl sites for hydroxylation is 1. The van der Waals surface area contributed by atoms with Crippen molar-refractivity contribution in [3.05, 3.63) is 107 Å². The van der Waals surface area contributed by atoms with E-state index in [0.29, 0.717) is 16.5 Å². The van der Waals surface area contributed by atoms with Crippen LogP contribution in [-0.2, 0) is 18.5 Å². The number of esters is 1. The van der Waals surface area contributed by atoms with Gasteiger partial charge in [-0.3, -0.25) is 4.79 Å². The van der Waals surface area contributed by atoms with Crippen molar-refractivity contribution < 1.29 is 9.53 Å². The van der Waals surface area contributed by atoms with Gasteiger partial charge in [0.05, 0.1) is 34.2 Å². The quantitative estimate of drug-likeness (QED) is 0.384. The summed E-state index contributed by atoms with van der Waals surface area (Å²) in [5.74, 6) is -0.435. The van der Waals surface area contributed by atoms with Crippen LogP contribution in [0.5, 0.6) is 0 Å². The molecule has 0 saturated carbocycles. The highest BCUT2D eigenvalue weighted by atomic mass is 16.5. The van der Waals surface area contributed by atoms with Crippen molar-refractivity contribution in [2.45, 2.75) is 6.73 Å². The minimum absolute atomic E-state index is 0.0705. The summed E-state index contributed by atoms with van der Waals surface area (Å²) in [6.07, 6.45) is 1.51. The average Bonchev–Trinajstić information content (AvgIpc) is 3.30. The standard InChI is InChI=1S/C26H20N4O3/c1-29-16-27-22-13-12-20(14-21(22)25(29)31)24-15-23(18-8-4-2-5-9-18)28-30(24)17-33-26(32)19-10-6-3-7-11-19/h2-16H,17H2,1H3. The molecule has 162 valence electrons. The van der Waals surface area contributed by atoms with E-state index in [0.717, 1.165) is 22.5 Å². The van der Waals surface area contributed by atoms with E-state index in [1.54, 1.807) is 42.1 Å². The zero-order chi connectivity index (χ0) is 22.8. The zero-order valence-corrected chi connectivity index (χ0v) is 17.9. The van der Waals surface area contributed by atoms with Crippen LogP contribution >= 0.6 is 0 Å². The molecule has 0 bridgehead atoms. The molecular weight excluding hydrogens is 416 g/mol. The molecule has 3 aromatic carbocycles. The van der Waals surface area contributed by atoms with Gasteiger partial charge in [-0.05, 0) is 30.3 Å². The van der Waals surface area contributed by atoms with Crippen molar-refractivity contribution in [3.8, 4) is 22.5 Å². The first-order valence-corrected chi connectivity index (χ1v) is 10.4. The molecule has 0 unspecified atom stereocenters. The van der Waals surface area contributed by atoms with Gasteiger partial charge in [-0.1, -0.05) is 54.6 Å². The Morgan fingerprint density at radius 2 is 1.64 bits per heavy atom. The van der Waals surface area contributed by atoms with E-state index in [-0.39, 0.29) is 12.3 Å². The molecule has 0 aliphatic rings. The lowest BCUT2D eigenvalue weighted by molar-refractivity contribution is 0.0353. The number of carbonyl (C=O) groups is 1. The number of nitrogens with zero attached hydrogens (tertiary/aromatic N) is 4. The largest absolute Gasteiger partial charge is 0.439 e. The van der Waals surface area contributed by atoms with Crippen molar-refractivity contribution in [1.82, 2.24) is 19.3 Å². The van der Waals surface area contributed by atoms with Gasteiger partial charge in [-0.25, -0.2) is 14.5 Å². The van der Waals surface area contributed by atoms with E-state index < -0.39 is 5.97 Å². The molecule has 5 rings (SSSR count). The molecule has 0 aliphatic heterocycles. The lowest BCUT2D eigenvalue weighted by Crippen LogP contribution is -2.17. The smallest absolute Gasteiger partial charge is 0.339 e. The summed E-state index contributed by atoms with van der Waals surface area (Å²) < 4.78 is 8.61. The molecule has 0 atom stereocenters. The maximum atomic E-state index is 12.6. The Hall–Kier alpha value is -4.52. The third-order valence-corrected chi connectivity index (χ3v) is 5.39. The first-order chi connectivity index (χ1) is 16.1. The van der Waals surface area contributed by atoms with Gasteiger partial charge < -0.3 is 9.30 Å². The van der Waals surface area contributed by atoms with Crippen LogP contribution in [0.2, 0.25) is 0 Å². The maximum absolute atomic E-state index is 12.6. The Morgan fingerprint density at radius 1 is 0.909 bits per heavy atom. The maximum Gasteiger partial charge on any atom is 0.339 e. The first kappa shape index (κ1) is 20.4. The van der Waals surface area contributed by atoms with Gasteiger partial charge in [0, 0.05) is 18.2 Å². The molecule has 0 N–H and O–H groups in total. The molecular formula is C26H20N4O3. The van der Waals surface area contributed by atoms with Gasteiger partial charge >= 0.3 is 5.97 Å². The van der Waals surface area contributed by atoms with Crippen LogP contribution in [0.25, 0.3) is 33.4 Å². The van der Waals surface area contributed by atoms with Crippen LogP contribution in [0.4, 0.5) is 0 Å². The number of ether oxygens (including phenoxy) is 1. The third kappa shape index (κ3) is 4.04. The molecule has 33 heavy (non-hydrogen) atoms. The van der Waals surface area contributed by atoms with E-state index in [1.165, 1.54) is 10.9 Å². The van der Waals surface area contributed by atoms with Crippen molar-refractivity contribution in [2.75, 3.05) is 0 Å². The van der Waals surface area contributed by atoms with Crippen LogP contribution < -0.4 is 5.56 Å². The molecule has 2 heterocycles.